The molecular formula is C14H14N3O2S-. The maximum Gasteiger partial charge on any atom is 0.0858 e. The first-order valence-corrected chi connectivity index (χ1v) is 7.35. The van der Waals surface area contributed by atoms with Gasteiger partial charge in [-0.15, -0.1) is 0 Å². The number of nitrogens with zero attached hydrogens (tertiary/aromatic N) is 2. The molecule has 0 amide bonds. The van der Waals surface area contributed by atoms with Gasteiger partial charge in [-0.25, -0.2) is 0 Å². The standard InChI is InChI=1S/C14H15N3O2S/c18-20(19)11-10-15-12-6-8-14(9-7-12)17-16-13-4-2-1-3-5-13/h1-9,15H,10-11H2,(H,18,19)/p-1. The van der Waals surface area contributed by atoms with Crippen molar-refractivity contribution >= 4 is 28.1 Å². The van der Waals surface area contributed by atoms with E-state index in [0.29, 0.717) is 6.54 Å². The van der Waals surface area contributed by atoms with Crippen LogP contribution in [0.25, 0.3) is 0 Å². The number of hydrogen-bond acceptors (Lipinski definition) is 5. The van der Waals surface area contributed by atoms with E-state index < -0.39 is 11.1 Å². The normalized spacial score (nSPS) is 12.4. The summed E-state index contributed by atoms with van der Waals surface area (Å²) >= 11 is -2.01. The first-order valence-electron chi connectivity index (χ1n) is 6.10. The van der Waals surface area contributed by atoms with Crippen molar-refractivity contribution < 1.29 is 8.76 Å². The zero-order chi connectivity index (χ0) is 14.2. The summed E-state index contributed by atoms with van der Waals surface area (Å²) in [4.78, 5) is 0. The molecule has 6 heteroatoms. The third kappa shape index (κ3) is 4.91. The maximum absolute atomic E-state index is 10.4. The number of nitrogens with one attached hydrogen (secondary N) is 1. The molecule has 2 aromatic rings. The molecule has 0 radical (unpaired) electrons. The van der Waals surface area contributed by atoms with E-state index >= 15 is 0 Å². The van der Waals surface area contributed by atoms with Crippen LogP contribution in [0.4, 0.5) is 17.1 Å². The fourth-order valence-electron chi connectivity index (χ4n) is 1.53. The van der Waals surface area contributed by atoms with Crippen LogP contribution in [0.15, 0.2) is 64.8 Å². The molecular weight excluding hydrogens is 274 g/mol. The van der Waals surface area contributed by atoms with E-state index in [1.807, 2.05) is 54.6 Å². The largest absolute Gasteiger partial charge is 0.772 e. The van der Waals surface area contributed by atoms with Gasteiger partial charge in [0, 0.05) is 18.0 Å². The van der Waals surface area contributed by atoms with Crippen LogP contribution in [-0.4, -0.2) is 21.1 Å². The zero-order valence-corrected chi connectivity index (χ0v) is 11.5. The number of azo groups is 1. The monoisotopic (exact) mass is 288 g/mol. The summed E-state index contributed by atoms with van der Waals surface area (Å²) in [5.41, 5.74) is 2.40. The predicted molar refractivity (Wildman–Crippen MR) is 79.3 cm³/mol. The third-order valence-corrected chi connectivity index (χ3v) is 3.04. The SMILES string of the molecule is O=S([O-])CCNc1ccc(N=Nc2ccccc2)cc1. The number of hydrogen-bond donors (Lipinski definition) is 1. The minimum absolute atomic E-state index is 0.0927. The summed E-state index contributed by atoms with van der Waals surface area (Å²) in [7, 11) is 0. The minimum Gasteiger partial charge on any atom is -0.772 e. The van der Waals surface area contributed by atoms with Gasteiger partial charge in [-0.3, -0.25) is 4.21 Å². The molecule has 2 rings (SSSR count). The molecule has 0 spiro atoms. The molecule has 1 atom stereocenters. The lowest BCUT2D eigenvalue weighted by Gasteiger charge is -2.07. The van der Waals surface area contributed by atoms with Gasteiger partial charge in [0.2, 0.25) is 0 Å². The predicted octanol–water partition coefficient (Wildman–Crippen LogP) is 3.39. The average Bonchev–Trinajstić information content (AvgIpc) is 2.47. The highest BCUT2D eigenvalue weighted by Gasteiger charge is 1.93. The number of benzene rings is 2. The van der Waals surface area contributed by atoms with E-state index in [1.54, 1.807) is 0 Å². The molecule has 2 aromatic carbocycles. The minimum atomic E-state index is -2.01. The summed E-state index contributed by atoms with van der Waals surface area (Å²) in [5.74, 6) is 0.0927. The van der Waals surface area contributed by atoms with Crippen molar-refractivity contribution in [3.05, 3.63) is 54.6 Å². The van der Waals surface area contributed by atoms with Crippen LogP contribution in [0.5, 0.6) is 0 Å². The van der Waals surface area contributed by atoms with Crippen molar-refractivity contribution in [2.24, 2.45) is 10.2 Å². The third-order valence-electron chi connectivity index (χ3n) is 2.50. The molecule has 0 saturated carbocycles. The van der Waals surface area contributed by atoms with Gasteiger partial charge in [0.25, 0.3) is 0 Å². The van der Waals surface area contributed by atoms with Crippen LogP contribution < -0.4 is 5.32 Å². The van der Waals surface area contributed by atoms with E-state index in [9.17, 15) is 8.76 Å². The van der Waals surface area contributed by atoms with Gasteiger partial charge in [0.1, 0.15) is 0 Å². The van der Waals surface area contributed by atoms with Gasteiger partial charge in [-0.2, -0.15) is 10.2 Å². The molecule has 104 valence electrons. The van der Waals surface area contributed by atoms with E-state index in [-0.39, 0.29) is 5.75 Å². The lowest BCUT2D eigenvalue weighted by molar-refractivity contribution is 0.537. The molecule has 5 nitrogen and oxygen atoms in total. The second kappa shape index (κ2) is 7.52. The van der Waals surface area contributed by atoms with Crippen molar-refractivity contribution in [2.45, 2.75) is 0 Å². The molecule has 1 unspecified atom stereocenters. The molecule has 1 N–H and O–H groups in total. The van der Waals surface area contributed by atoms with Gasteiger partial charge in [0.05, 0.1) is 11.4 Å². The lowest BCUT2D eigenvalue weighted by Crippen LogP contribution is -2.09. The molecule has 0 aliphatic heterocycles. The van der Waals surface area contributed by atoms with E-state index in [4.69, 9.17) is 0 Å². The second-order valence-electron chi connectivity index (χ2n) is 4.02. The Labute approximate surface area is 120 Å². The molecule has 0 fully saturated rings. The Kier molecular flexibility index (Phi) is 5.40. The van der Waals surface area contributed by atoms with Crippen LogP contribution in [0, 0.1) is 0 Å². The molecule has 20 heavy (non-hydrogen) atoms. The van der Waals surface area contributed by atoms with Gasteiger partial charge in [0.15, 0.2) is 0 Å². The Morgan fingerprint density at radius 1 is 0.950 bits per heavy atom. The van der Waals surface area contributed by atoms with Crippen molar-refractivity contribution in [1.82, 2.24) is 0 Å². The summed E-state index contributed by atoms with van der Waals surface area (Å²) < 4.78 is 20.8. The summed E-state index contributed by atoms with van der Waals surface area (Å²) in [6, 6.07) is 16.8. The quantitative estimate of drug-likeness (QED) is 0.653. The second-order valence-corrected chi connectivity index (χ2v) is 5.03. The zero-order valence-electron chi connectivity index (χ0n) is 10.7. The van der Waals surface area contributed by atoms with Crippen LogP contribution in [0.1, 0.15) is 0 Å². The first-order chi connectivity index (χ1) is 9.74. The van der Waals surface area contributed by atoms with Crippen LogP contribution in [-0.2, 0) is 11.1 Å². The molecule has 0 saturated heterocycles. The van der Waals surface area contributed by atoms with Crippen molar-refractivity contribution in [3.8, 4) is 0 Å². The van der Waals surface area contributed by atoms with Gasteiger partial charge in [-0.05, 0) is 36.4 Å². The van der Waals surface area contributed by atoms with Gasteiger partial charge < -0.3 is 9.87 Å². The topological polar surface area (TPSA) is 76.9 Å². The first kappa shape index (κ1) is 14.4. The Balaban J connectivity index is 1.91. The van der Waals surface area contributed by atoms with Gasteiger partial charge in [-0.1, -0.05) is 29.3 Å². The van der Waals surface area contributed by atoms with E-state index in [2.05, 4.69) is 15.5 Å². The Morgan fingerprint density at radius 3 is 2.15 bits per heavy atom. The Morgan fingerprint density at radius 2 is 1.55 bits per heavy atom. The van der Waals surface area contributed by atoms with Crippen LogP contribution in [0.2, 0.25) is 0 Å². The van der Waals surface area contributed by atoms with E-state index in [1.165, 1.54) is 0 Å². The highest BCUT2D eigenvalue weighted by Crippen LogP contribution is 2.19. The van der Waals surface area contributed by atoms with E-state index in [0.717, 1.165) is 17.1 Å². The van der Waals surface area contributed by atoms with Crippen LogP contribution >= 0.6 is 0 Å². The van der Waals surface area contributed by atoms with Gasteiger partial charge >= 0.3 is 0 Å². The highest BCUT2D eigenvalue weighted by atomic mass is 32.2. The molecule has 0 aliphatic carbocycles. The Hall–Kier alpha value is -2.05. The number of anilines is 1. The Bertz CT molecular complexity index is 585. The van der Waals surface area contributed by atoms with Crippen molar-refractivity contribution in [3.63, 3.8) is 0 Å². The average molecular weight is 288 g/mol. The van der Waals surface area contributed by atoms with Crippen molar-refractivity contribution in [2.75, 3.05) is 17.6 Å². The fourth-order valence-corrected chi connectivity index (χ4v) is 1.80. The molecule has 0 aliphatic rings. The lowest BCUT2D eigenvalue weighted by atomic mass is 10.3. The summed E-state index contributed by atoms with van der Waals surface area (Å²) in [5, 5.41) is 11.3. The number of rotatable bonds is 6. The summed E-state index contributed by atoms with van der Waals surface area (Å²) in [6.07, 6.45) is 0. The molecule has 0 heterocycles. The molecule has 0 aromatic heterocycles. The van der Waals surface area contributed by atoms with Crippen molar-refractivity contribution in [1.29, 1.82) is 0 Å². The fraction of sp³-hybridized carbons (Fsp3) is 0.143. The highest BCUT2D eigenvalue weighted by molar-refractivity contribution is 7.79. The molecule has 0 bridgehead atoms. The van der Waals surface area contributed by atoms with Crippen LogP contribution in [0.3, 0.4) is 0 Å². The maximum atomic E-state index is 10.4. The summed E-state index contributed by atoms with van der Waals surface area (Å²) in [6.45, 7) is 0.390. The smallest absolute Gasteiger partial charge is 0.0858 e.